The first-order valence-corrected chi connectivity index (χ1v) is 7.02. The number of nitrogens with zero attached hydrogens (tertiary/aromatic N) is 2. The summed E-state index contributed by atoms with van der Waals surface area (Å²) in [5, 5.41) is 3.43. The molecular weight excluding hydrogens is 288 g/mol. The monoisotopic (exact) mass is 304 g/mol. The number of amides is 1. The van der Waals surface area contributed by atoms with Crippen LogP contribution >= 0.6 is 11.6 Å². The van der Waals surface area contributed by atoms with Crippen LogP contribution in [0.5, 0.6) is 0 Å². The zero-order chi connectivity index (χ0) is 15.4. The molecule has 2 aromatic rings. The zero-order valence-electron chi connectivity index (χ0n) is 11.9. The van der Waals surface area contributed by atoms with Crippen LogP contribution in [-0.4, -0.2) is 22.4 Å². The Kier molecular flexibility index (Phi) is 4.75. The Hall–Kier alpha value is -2.14. The molecule has 0 spiro atoms. The fourth-order valence-corrected chi connectivity index (χ4v) is 1.83. The van der Waals surface area contributed by atoms with Crippen molar-refractivity contribution in [3.8, 4) is 11.4 Å². The summed E-state index contributed by atoms with van der Waals surface area (Å²) in [4.78, 5) is 20.4. The molecule has 0 fully saturated rings. The maximum atomic E-state index is 12.0. The predicted octanol–water partition coefficient (Wildman–Crippen LogP) is 2.76. The number of nitrogens with two attached hydrogens (primary N) is 1. The Bertz CT molecular complexity index is 641. The van der Waals surface area contributed by atoms with Gasteiger partial charge in [-0.25, -0.2) is 9.97 Å². The molecule has 0 radical (unpaired) electrons. The van der Waals surface area contributed by atoms with Crippen molar-refractivity contribution in [1.29, 1.82) is 0 Å². The molecule has 2 rings (SSSR count). The van der Waals surface area contributed by atoms with Crippen molar-refractivity contribution in [3.63, 3.8) is 0 Å². The summed E-state index contributed by atoms with van der Waals surface area (Å²) in [7, 11) is 0. The van der Waals surface area contributed by atoms with Gasteiger partial charge in [0.15, 0.2) is 5.82 Å². The number of aromatic nitrogens is 2. The first-order chi connectivity index (χ1) is 9.97. The van der Waals surface area contributed by atoms with Crippen molar-refractivity contribution < 1.29 is 4.79 Å². The van der Waals surface area contributed by atoms with Crippen molar-refractivity contribution in [1.82, 2.24) is 15.3 Å². The molecule has 0 bridgehead atoms. The highest BCUT2D eigenvalue weighted by Gasteiger charge is 2.13. The number of nitrogen functional groups attached to an aromatic ring is 1. The van der Waals surface area contributed by atoms with E-state index in [1.165, 1.54) is 6.20 Å². The highest BCUT2D eigenvalue weighted by Crippen LogP contribution is 2.19. The second-order valence-corrected chi connectivity index (χ2v) is 5.54. The Labute approximate surface area is 128 Å². The molecule has 110 valence electrons. The largest absolute Gasteiger partial charge is 0.383 e. The SMILES string of the molecule is CC(C)CNC(=O)c1cnc(-c2ccc(Cl)cc2)nc1N. The summed E-state index contributed by atoms with van der Waals surface area (Å²) in [6.07, 6.45) is 1.45. The van der Waals surface area contributed by atoms with E-state index in [1.807, 2.05) is 13.8 Å². The van der Waals surface area contributed by atoms with Gasteiger partial charge in [0.2, 0.25) is 0 Å². The molecule has 1 amide bonds. The van der Waals surface area contributed by atoms with Gasteiger partial charge in [0.25, 0.3) is 5.91 Å². The number of hydrogen-bond acceptors (Lipinski definition) is 4. The first-order valence-electron chi connectivity index (χ1n) is 6.64. The molecule has 1 heterocycles. The summed E-state index contributed by atoms with van der Waals surface area (Å²) in [6.45, 7) is 4.62. The van der Waals surface area contributed by atoms with Crippen LogP contribution in [-0.2, 0) is 0 Å². The second-order valence-electron chi connectivity index (χ2n) is 5.10. The van der Waals surface area contributed by atoms with Gasteiger partial charge >= 0.3 is 0 Å². The van der Waals surface area contributed by atoms with Gasteiger partial charge in [-0.1, -0.05) is 25.4 Å². The first kappa shape index (κ1) is 15.3. The Morgan fingerprint density at radius 2 is 2.00 bits per heavy atom. The van der Waals surface area contributed by atoms with E-state index in [9.17, 15) is 4.79 Å². The lowest BCUT2D eigenvalue weighted by atomic mass is 10.2. The van der Waals surface area contributed by atoms with Crippen molar-refractivity contribution in [2.24, 2.45) is 5.92 Å². The highest BCUT2D eigenvalue weighted by atomic mass is 35.5. The average molecular weight is 305 g/mol. The van der Waals surface area contributed by atoms with Crippen LogP contribution in [0, 0.1) is 5.92 Å². The van der Waals surface area contributed by atoms with E-state index in [-0.39, 0.29) is 17.3 Å². The van der Waals surface area contributed by atoms with Gasteiger partial charge < -0.3 is 11.1 Å². The molecule has 1 aromatic carbocycles. The van der Waals surface area contributed by atoms with Gasteiger partial charge in [-0.3, -0.25) is 4.79 Å². The number of anilines is 1. The van der Waals surface area contributed by atoms with Crippen molar-refractivity contribution in [2.45, 2.75) is 13.8 Å². The van der Waals surface area contributed by atoms with E-state index in [1.54, 1.807) is 24.3 Å². The number of nitrogens with one attached hydrogen (secondary N) is 1. The quantitative estimate of drug-likeness (QED) is 0.910. The molecule has 0 saturated heterocycles. The maximum absolute atomic E-state index is 12.0. The number of carbonyl (C=O) groups is 1. The Morgan fingerprint density at radius 1 is 1.33 bits per heavy atom. The molecule has 0 atom stereocenters. The van der Waals surface area contributed by atoms with E-state index in [0.29, 0.717) is 23.3 Å². The summed E-state index contributed by atoms with van der Waals surface area (Å²) < 4.78 is 0. The molecule has 0 unspecified atom stereocenters. The lowest BCUT2D eigenvalue weighted by molar-refractivity contribution is 0.0949. The van der Waals surface area contributed by atoms with Gasteiger partial charge in [0, 0.05) is 23.3 Å². The Morgan fingerprint density at radius 3 is 2.57 bits per heavy atom. The molecule has 0 aliphatic heterocycles. The third-order valence-corrected chi connectivity index (χ3v) is 3.09. The number of carbonyl (C=O) groups excluding carboxylic acids is 1. The normalized spacial score (nSPS) is 10.7. The van der Waals surface area contributed by atoms with Crippen LogP contribution in [0.1, 0.15) is 24.2 Å². The van der Waals surface area contributed by atoms with Gasteiger partial charge in [-0.2, -0.15) is 0 Å². The van der Waals surface area contributed by atoms with Gasteiger partial charge in [-0.05, 0) is 30.2 Å². The third kappa shape index (κ3) is 3.92. The Balaban J connectivity index is 2.21. The fraction of sp³-hybridized carbons (Fsp3) is 0.267. The highest BCUT2D eigenvalue weighted by molar-refractivity contribution is 6.30. The number of halogens is 1. The third-order valence-electron chi connectivity index (χ3n) is 2.84. The standard InChI is InChI=1S/C15H17ClN4O/c1-9(2)7-19-15(21)12-8-18-14(20-13(12)17)10-3-5-11(16)6-4-10/h3-6,8-9H,7H2,1-2H3,(H,19,21)(H2,17,18,20). The lowest BCUT2D eigenvalue weighted by Gasteiger charge is -2.09. The topological polar surface area (TPSA) is 80.9 Å². The number of rotatable bonds is 4. The van der Waals surface area contributed by atoms with Crippen LogP contribution in [0.2, 0.25) is 5.02 Å². The molecular formula is C15H17ClN4O. The summed E-state index contributed by atoms with van der Waals surface area (Å²) in [5.74, 6) is 0.731. The molecule has 0 aliphatic carbocycles. The summed E-state index contributed by atoms with van der Waals surface area (Å²) in [5.41, 5.74) is 6.94. The van der Waals surface area contributed by atoms with Crippen LogP contribution in [0.25, 0.3) is 11.4 Å². The molecule has 0 aliphatic rings. The molecule has 3 N–H and O–H groups in total. The average Bonchev–Trinajstić information content (AvgIpc) is 2.45. The molecule has 6 heteroatoms. The maximum Gasteiger partial charge on any atom is 0.256 e. The number of hydrogen-bond donors (Lipinski definition) is 2. The van der Waals surface area contributed by atoms with E-state index < -0.39 is 0 Å². The molecule has 1 aromatic heterocycles. The van der Waals surface area contributed by atoms with E-state index >= 15 is 0 Å². The van der Waals surface area contributed by atoms with Gasteiger partial charge in [0.05, 0.1) is 5.56 Å². The molecule has 21 heavy (non-hydrogen) atoms. The number of benzene rings is 1. The smallest absolute Gasteiger partial charge is 0.256 e. The fourth-order valence-electron chi connectivity index (χ4n) is 1.70. The van der Waals surface area contributed by atoms with Crippen molar-refractivity contribution in [2.75, 3.05) is 12.3 Å². The van der Waals surface area contributed by atoms with E-state index in [0.717, 1.165) is 5.56 Å². The minimum absolute atomic E-state index is 0.163. The minimum Gasteiger partial charge on any atom is -0.383 e. The summed E-state index contributed by atoms with van der Waals surface area (Å²) >= 11 is 5.84. The van der Waals surface area contributed by atoms with Gasteiger partial charge in [-0.15, -0.1) is 0 Å². The second kappa shape index (κ2) is 6.54. The van der Waals surface area contributed by atoms with E-state index in [4.69, 9.17) is 17.3 Å². The predicted molar refractivity (Wildman–Crippen MR) is 84.1 cm³/mol. The van der Waals surface area contributed by atoms with Crippen LogP contribution in [0.15, 0.2) is 30.5 Å². The lowest BCUT2D eigenvalue weighted by Crippen LogP contribution is -2.28. The molecule has 5 nitrogen and oxygen atoms in total. The van der Waals surface area contributed by atoms with Crippen LogP contribution < -0.4 is 11.1 Å². The van der Waals surface area contributed by atoms with Crippen molar-refractivity contribution >= 4 is 23.3 Å². The summed E-state index contributed by atoms with van der Waals surface area (Å²) in [6, 6.07) is 7.10. The van der Waals surface area contributed by atoms with Crippen LogP contribution in [0.4, 0.5) is 5.82 Å². The van der Waals surface area contributed by atoms with Gasteiger partial charge in [0.1, 0.15) is 5.82 Å². The van der Waals surface area contributed by atoms with Crippen LogP contribution in [0.3, 0.4) is 0 Å². The molecule has 0 saturated carbocycles. The zero-order valence-corrected chi connectivity index (χ0v) is 12.7. The van der Waals surface area contributed by atoms with E-state index in [2.05, 4.69) is 15.3 Å². The minimum atomic E-state index is -0.260. The van der Waals surface area contributed by atoms with Crippen molar-refractivity contribution in [3.05, 3.63) is 41.0 Å².